The fourth-order valence-corrected chi connectivity index (χ4v) is 2.73. The minimum Gasteiger partial charge on any atom is -0.465 e. The molecule has 1 aromatic rings. The Kier molecular flexibility index (Phi) is 8.10. The minimum atomic E-state index is -1.30. The van der Waals surface area contributed by atoms with Crippen molar-refractivity contribution in [3.63, 3.8) is 0 Å². The van der Waals surface area contributed by atoms with E-state index >= 15 is 0 Å². The average Bonchev–Trinajstić information content (AvgIpc) is 2.52. The normalized spacial score (nSPS) is 13.0. The maximum Gasteiger partial charge on any atom is 0.405 e. The van der Waals surface area contributed by atoms with E-state index in [9.17, 15) is 14.4 Å². The van der Waals surface area contributed by atoms with Gasteiger partial charge in [-0.1, -0.05) is 19.9 Å². The molecule has 3 amide bonds. The van der Waals surface area contributed by atoms with Crippen LogP contribution in [0, 0.1) is 9.49 Å². The number of carboxylic acid groups (broad SMARTS) is 1. The number of amides is 3. The lowest BCUT2D eigenvalue weighted by molar-refractivity contribution is -0.128. The van der Waals surface area contributed by atoms with Gasteiger partial charge in [0.1, 0.15) is 12.1 Å². The number of nitrogens with one attached hydrogen (secondary N) is 3. The smallest absolute Gasteiger partial charge is 0.405 e. The Bertz CT molecular complexity index is 651. The molecule has 2 unspecified atom stereocenters. The number of carbonyl (C=O) groups is 3. The van der Waals surface area contributed by atoms with E-state index in [0.29, 0.717) is 5.69 Å². The van der Waals surface area contributed by atoms with Crippen LogP contribution in [0.15, 0.2) is 18.2 Å². The molecule has 0 aliphatic carbocycles. The van der Waals surface area contributed by atoms with Crippen molar-refractivity contribution in [2.45, 2.75) is 39.5 Å². The second-order valence-corrected chi connectivity index (χ2v) is 7.02. The van der Waals surface area contributed by atoms with Gasteiger partial charge in [-0.3, -0.25) is 9.59 Å². The monoisotopic (exact) mass is 463 g/mol. The molecule has 0 aliphatic rings. The van der Waals surface area contributed by atoms with Crippen LogP contribution in [0.25, 0.3) is 0 Å². The van der Waals surface area contributed by atoms with Crippen LogP contribution >= 0.6 is 22.6 Å². The first kappa shape index (κ1) is 21.2. The van der Waals surface area contributed by atoms with Crippen LogP contribution in [0.4, 0.5) is 10.5 Å². The first-order chi connectivity index (χ1) is 11.6. The minimum absolute atomic E-state index is 0.0911. The number of rotatable bonds is 7. The van der Waals surface area contributed by atoms with E-state index in [0.717, 1.165) is 9.13 Å². The van der Waals surface area contributed by atoms with Crippen molar-refractivity contribution < 1.29 is 24.6 Å². The summed E-state index contributed by atoms with van der Waals surface area (Å²) in [5.74, 6) is -1.26. The summed E-state index contributed by atoms with van der Waals surface area (Å²) in [4.78, 5) is 35.2. The van der Waals surface area contributed by atoms with E-state index in [4.69, 9.17) is 10.2 Å². The molecule has 8 nitrogen and oxygen atoms in total. The Labute approximate surface area is 159 Å². The van der Waals surface area contributed by atoms with Crippen molar-refractivity contribution in [2.75, 3.05) is 5.32 Å². The van der Waals surface area contributed by atoms with Crippen LogP contribution in [0.2, 0.25) is 0 Å². The number of hydrogen-bond donors (Lipinski definition) is 5. The van der Waals surface area contributed by atoms with Crippen molar-refractivity contribution in [1.29, 1.82) is 0 Å². The molecule has 0 aromatic heterocycles. The number of aliphatic hydroxyl groups is 1. The summed E-state index contributed by atoms with van der Waals surface area (Å²) >= 11 is 2.05. The van der Waals surface area contributed by atoms with E-state index in [1.165, 1.54) is 6.92 Å². The van der Waals surface area contributed by atoms with Crippen LogP contribution in [0.5, 0.6) is 0 Å². The summed E-state index contributed by atoms with van der Waals surface area (Å²) in [7, 11) is 0. The fraction of sp³-hybridized carbons (Fsp3) is 0.438. The van der Waals surface area contributed by atoms with Crippen molar-refractivity contribution in [1.82, 2.24) is 10.6 Å². The van der Waals surface area contributed by atoms with Gasteiger partial charge in [-0.25, -0.2) is 4.79 Å². The first-order valence-corrected chi connectivity index (χ1v) is 8.73. The Balaban J connectivity index is 2.71. The molecule has 1 aromatic carbocycles. The van der Waals surface area contributed by atoms with E-state index in [1.54, 1.807) is 32.0 Å². The summed E-state index contributed by atoms with van der Waals surface area (Å²) in [6, 6.07) is 3.27. The van der Waals surface area contributed by atoms with E-state index in [-0.39, 0.29) is 12.5 Å². The maximum absolute atomic E-state index is 12.2. The second-order valence-electron chi connectivity index (χ2n) is 5.86. The molecule has 0 heterocycles. The predicted octanol–water partition coefficient (Wildman–Crippen LogP) is 1.52. The molecule has 0 radical (unpaired) electrons. The van der Waals surface area contributed by atoms with E-state index in [2.05, 4.69) is 38.5 Å². The number of halogens is 1. The van der Waals surface area contributed by atoms with Gasteiger partial charge >= 0.3 is 6.09 Å². The lowest BCUT2D eigenvalue weighted by atomic mass is 10.0. The number of carbonyl (C=O) groups excluding carboxylic acids is 2. The van der Waals surface area contributed by atoms with Crippen LogP contribution < -0.4 is 16.0 Å². The lowest BCUT2D eigenvalue weighted by Crippen LogP contribution is -2.53. The third-order valence-electron chi connectivity index (χ3n) is 3.47. The van der Waals surface area contributed by atoms with Gasteiger partial charge in [0, 0.05) is 9.26 Å². The summed E-state index contributed by atoms with van der Waals surface area (Å²) in [5, 5.41) is 25.3. The fourth-order valence-electron chi connectivity index (χ4n) is 2.04. The van der Waals surface area contributed by atoms with Gasteiger partial charge in [0.2, 0.25) is 11.8 Å². The van der Waals surface area contributed by atoms with Crippen molar-refractivity contribution in [2.24, 2.45) is 5.92 Å². The van der Waals surface area contributed by atoms with Crippen LogP contribution in [0.3, 0.4) is 0 Å². The van der Waals surface area contributed by atoms with E-state index < -0.39 is 30.0 Å². The molecule has 0 bridgehead atoms. The highest BCUT2D eigenvalue weighted by atomic mass is 127. The molecule has 0 fully saturated rings. The van der Waals surface area contributed by atoms with Crippen molar-refractivity contribution in [3.8, 4) is 0 Å². The molecule has 9 heteroatoms. The van der Waals surface area contributed by atoms with Gasteiger partial charge in [-0.15, -0.1) is 0 Å². The molecule has 0 saturated carbocycles. The molecule has 25 heavy (non-hydrogen) atoms. The summed E-state index contributed by atoms with van der Waals surface area (Å²) in [5.41, 5.74) is 1.29. The number of hydrogen-bond acceptors (Lipinski definition) is 4. The van der Waals surface area contributed by atoms with E-state index in [1.807, 2.05) is 0 Å². The molecule has 2 atom stereocenters. The van der Waals surface area contributed by atoms with Gasteiger partial charge in [-0.2, -0.15) is 0 Å². The quantitative estimate of drug-likeness (QED) is 0.392. The Hall–Kier alpha value is -1.88. The van der Waals surface area contributed by atoms with Crippen LogP contribution in [-0.2, 0) is 16.2 Å². The summed E-state index contributed by atoms with van der Waals surface area (Å²) in [6.07, 6.45) is -1.30. The average molecular weight is 463 g/mol. The van der Waals surface area contributed by atoms with Gasteiger partial charge in [0.15, 0.2) is 0 Å². The highest BCUT2D eigenvalue weighted by molar-refractivity contribution is 14.1. The van der Waals surface area contributed by atoms with Gasteiger partial charge in [-0.05, 0) is 53.1 Å². The maximum atomic E-state index is 12.2. The topological polar surface area (TPSA) is 128 Å². The molecule has 0 saturated heterocycles. The summed E-state index contributed by atoms with van der Waals surface area (Å²) in [6.45, 7) is 4.83. The van der Waals surface area contributed by atoms with Crippen LogP contribution in [-0.4, -0.2) is 40.2 Å². The Morgan fingerprint density at radius 3 is 2.24 bits per heavy atom. The summed E-state index contributed by atoms with van der Waals surface area (Å²) < 4.78 is 0.806. The number of benzene rings is 1. The predicted molar refractivity (Wildman–Crippen MR) is 101 cm³/mol. The zero-order valence-corrected chi connectivity index (χ0v) is 16.3. The molecular weight excluding hydrogens is 441 g/mol. The molecule has 138 valence electrons. The Morgan fingerprint density at radius 1 is 1.12 bits per heavy atom. The Morgan fingerprint density at radius 2 is 1.76 bits per heavy atom. The highest BCUT2D eigenvalue weighted by Crippen LogP contribution is 2.18. The largest absolute Gasteiger partial charge is 0.465 e. The zero-order chi connectivity index (χ0) is 19.1. The number of aliphatic hydroxyl groups excluding tert-OH is 1. The third-order valence-corrected chi connectivity index (χ3v) is 4.48. The van der Waals surface area contributed by atoms with Crippen molar-refractivity contribution in [3.05, 3.63) is 27.3 Å². The standard InChI is InChI=1S/C16H22IN3O5/c1-8(2)13(20-16(24)25)15(23)18-9(3)14(22)19-11-5-4-10(7-21)12(17)6-11/h4-6,8-9,13,20-21H,7H2,1-3H3,(H,18,23)(H,19,22)(H,24,25). The second kappa shape index (κ2) is 9.56. The third kappa shape index (κ3) is 6.50. The zero-order valence-electron chi connectivity index (χ0n) is 14.2. The van der Waals surface area contributed by atoms with Gasteiger partial charge < -0.3 is 26.2 Å². The molecule has 1 rings (SSSR count). The molecular formula is C16H22IN3O5. The highest BCUT2D eigenvalue weighted by Gasteiger charge is 2.26. The lowest BCUT2D eigenvalue weighted by Gasteiger charge is -2.22. The SMILES string of the molecule is CC(NC(=O)C(NC(=O)O)C(C)C)C(=O)Nc1ccc(CO)c(I)c1. The van der Waals surface area contributed by atoms with Gasteiger partial charge in [0.05, 0.1) is 6.61 Å². The molecule has 0 spiro atoms. The number of anilines is 1. The van der Waals surface area contributed by atoms with Gasteiger partial charge in [0.25, 0.3) is 0 Å². The van der Waals surface area contributed by atoms with Crippen LogP contribution in [0.1, 0.15) is 26.3 Å². The first-order valence-electron chi connectivity index (χ1n) is 7.65. The molecule has 0 aliphatic heterocycles. The van der Waals surface area contributed by atoms with Crippen molar-refractivity contribution >= 4 is 46.2 Å². The molecule has 5 N–H and O–H groups in total.